The lowest BCUT2D eigenvalue weighted by Gasteiger charge is -2.14. The van der Waals surface area contributed by atoms with Gasteiger partial charge in [0.15, 0.2) is 0 Å². The van der Waals surface area contributed by atoms with E-state index in [2.05, 4.69) is 5.32 Å². The lowest BCUT2D eigenvalue weighted by Crippen LogP contribution is -2.04. The van der Waals surface area contributed by atoms with Gasteiger partial charge in [-0.05, 0) is 24.3 Å². The van der Waals surface area contributed by atoms with E-state index in [9.17, 15) is 4.39 Å². The summed E-state index contributed by atoms with van der Waals surface area (Å²) in [6.45, 7) is 0.757. The van der Waals surface area contributed by atoms with Gasteiger partial charge in [-0.1, -0.05) is 60.1 Å². The highest BCUT2D eigenvalue weighted by Gasteiger charge is 2.06. The van der Waals surface area contributed by atoms with Gasteiger partial charge in [0.25, 0.3) is 0 Å². The molecule has 0 radical (unpaired) electrons. The number of halogens is 2. The monoisotopic (exact) mass is 341 g/mol. The Bertz CT molecular complexity index is 753. The van der Waals surface area contributed by atoms with Crippen LogP contribution in [0.5, 0.6) is 5.75 Å². The molecule has 0 aliphatic carbocycles. The fourth-order valence-electron chi connectivity index (χ4n) is 2.36. The zero-order chi connectivity index (χ0) is 16.8. The minimum atomic E-state index is -0.260. The number of nitrogens with one attached hydrogen (secondary N) is 1. The Morgan fingerprint density at radius 2 is 1.50 bits per heavy atom. The van der Waals surface area contributed by atoms with Gasteiger partial charge in [0.05, 0.1) is 10.7 Å². The molecular weight excluding hydrogens is 325 g/mol. The Hall–Kier alpha value is -2.52. The molecule has 0 aliphatic heterocycles. The maximum atomic E-state index is 13.7. The number of ether oxygens (including phenoxy) is 1. The van der Waals surface area contributed by atoms with Crippen molar-refractivity contribution < 1.29 is 9.13 Å². The van der Waals surface area contributed by atoms with Crippen LogP contribution in [0.15, 0.2) is 72.8 Å². The number of anilines is 1. The molecule has 0 heterocycles. The number of hydrogen-bond donors (Lipinski definition) is 1. The third-order valence-electron chi connectivity index (χ3n) is 3.66. The Kier molecular flexibility index (Phi) is 5.34. The molecule has 0 saturated heterocycles. The van der Waals surface area contributed by atoms with Crippen molar-refractivity contribution in [3.63, 3.8) is 0 Å². The minimum absolute atomic E-state index is 0.190. The highest BCUT2D eigenvalue weighted by atomic mass is 35.5. The lowest BCUT2D eigenvalue weighted by atomic mass is 10.2. The van der Waals surface area contributed by atoms with Gasteiger partial charge in [0.1, 0.15) is 18.2 Å². The summed E-state index contributed by atoms with van der Waals surface area (Å²) in [5, 5.41) is 3.96. The summed E-state index contributed by atoms with van der Waals surface area (Å²) in [6.07, 6.45) is 0. The van der Waals surface area contributed by atoms with Gasteiger partial charge in [-0.15, -0.1) is 0 Å². The van der Waals surface area contributed by atoms with Crippen LogP contribution in [-0.4, -0.2) is 0 Å². The molecule has 0 aliphatic rings. The second kappa shape index (κ2) is 7.84. The first-order valence-electron chi connectivity index (χ1n) is 7.66. The van der Waals surface area contributed by atoms with Crippen LogP contribution in [0.1, 0.15) is 11.1 Å². The molecule has 4 heteroatoms. The highest BCUT2D eigenvalue weighted by Crippen LogP contribution is 2.24. The van der Waals surface area contributed by atoms with Crippen LogP contribution in [0.25, 0.3) is 0 Å². The standard InChI is InChI=1S/C20H17ClFNO/c21-17-9-3-5-11-19(17)23-13-15-7-2-6-12-20(15)24-14-16-8-1-4-10-18(16)22/h1-12,23H,13-14H2. The van der Waals surface area contributed by atoms with Crippen LogP contribution in [0.3, 0.4) is 0 Å². The van der Waals surface area contributed by atoms with Gasteiger partial charge in [0.2, 0.25) is 0 Å². The van der Waals surface area contributed by atoms with E-state index in [1.165, 1.54) is 6.07 Å². The minimum Gasteiger partial charge on any atom is -0.488 e. The van der Waals surface area contributed by atoms with Crippen molar-refractivity contribution >= 4 is 17.3 Å². The molecule has 122 valence electrons. The van der Waals surface area contributed by atoms with E-state index in [4.69, 9.17) is 16.3 Å². The Morgan fingerprint density at radius 3 is 2.29 bits per heavy atom. The summed E-state index contributed by atoms with van der Waals surface area (Å²) in [5.41, 5.74) is 2.38. The molecule has 1 N–H and O–H groups in total. The normalized spacial score (nSPS) is 10.4. The van der Waals surface area contributed by atoms with E-state index in [0.29, 0.717) is 17.1 Å². The molecular formula is C20H17ClFNO. The quantitative estimate of drug-likeness (QED) is 0.623. The zero-order valence-electron chi connectivity index (χ0n) is 13.0. The third kappa shape index (κ3) is 4.06. The number of para-hydroxylation sites is 2. The molecule has 0 spiro atoms. The Balaban J connectivity index is 1.69. The Morgan fingerprint density at radius 1 is 0.833 bits per heavy atom. The molecule has 3 aromatic rings. The van der Waals surface area contributed by atoms with Gasteiger partial charge < -0.3 is 10.1 Å². The topological polar surface area (TPSA) is 21.3 Å². The molecule has 0 amide bonds. The summed E-state index contributed by atoms with van der Waals surface area (Å²) >= 11 is 6.15. The largest absolute Gasteiger partial charge is 0.488 e. The predicted octanol–water partition coefficient (Wildman–Crippen LogP) is 5.67. The van der Waals surface area contributed by atoms with E-state index in [0.717, 1.165) is 17.0 Å². The van der Waals surface area contributed by atoms with E-state index in [1.807, 2.05) is 48.5 Å². The fourth-order valence-corrected chi connectivity index (χ4v) is 2.56. The van der Waals surface area contributed by atoms with Gasteiger partial charge in [0, 0.05) is 17.7 Å². The summed E-state index contributed by atoms with van der Waals surface area (Å²) in [4.78, 5) is 0. The molecule has 0 atom stereocenters. The SMILES string of the molecule is Fc1ccccc1COc1ccccc1CNc1ccccc1Cl. The van der Waals surface area contributed by atoms with Crippen LogP contribution >= 0.6 is 11.6 Å². The number of benzene rings is 3. The van der Waals surface area contributed by atoms with Crippen LogP contribution < -0.4 is 10.1 Å². The third-order valence-corrected chi connectivity index (χ3v) is 3.99. The molecule has 0 aromatic heterocycles. The van der Waals surface area contributed by atoms with Crippen molar-refractivity contribution in [1.29, 1.82) is 0 Å². The molecule has 2 nitrogen and oxygen atoms in total. The van der Waals surface area contributed by atoms with Gasteiger partial charge >= 0.3 is 0 Å². The predicted molar refractivity (Wildman–Crippen MR) is 96.0 cm³/mol. The van der Waals surface area contributed by atoms with E-state index in [-0.39, 0.29) is 12.4 Å². The first-order valence-corrected chi connectivity index (χ1v) is 8.04. The molecule has 0 unspecified atom stereocenters. The number of hydrogen-bond acceptors (Lipinski definition) is 2. The average Bonchev–Trinajstić information content (AvgIpc) is 2.61. The van der Waals surface area contributed by atoms with Crippen LogP contribution in [0, 0.1) is 5.82 Å². The average molecular weight is 342 g/mol. The number of rotatable bonds is 6. The maximum absolute atomic E-state index is 13.7. The summed E-state index contributed by atoms with van der Waals surface area (Å²) in [5.74, 6) is 0.462. The van der Waals surface area contributed by atoms with Gasteiger partial charge in [-0.2, -0.15) is 0 Å². The summed E-state index contributed by atoms with van der Waals surface area (Å²) < 4.78 is 19.5. The fraction of sp³-hybridized carbons (Fsp3) is 0.100. The summed E-state index contributed by atoms with van der Waals surface area (Å²) in [6, 6.07) is 21.9. The lowest BCUT2D eigenvalue weighted by molar-refractivity contribution is 0.297. The van der Waals surface area contributed by atoms with Crippen LogP contribution in [0.4, 0.5) is 10.1 Å². The van der Waals surface area contributed by atoms with Crippen molar-refractivity contribution in [3.05, 3.63) is 94.8 Å². The highest BCUT2D eigenvalue weighted by molar-refractivity contribution is 6.33. The second-order valence-electron chi connectivity index (χ2n) is 5.32. The van der Waals surface area contributed by atoms with Crippen molar-refractivity contribution in [1.82, 2.24) is 0 Å². The van der Waals surface area contributed by atoms with E-state index >= 15 is 0 Å². The molecule has 3 aromatic carbocycles. The van der Waals surface area contributed by atoms with Crippen molar-refractivity contribution in [3.8, 4) is 5.75 Å². The van der Waals surface area contributed by atoms with Crippen molar-refractivity contribution in [2.24, 2.45) is 0 Å². The van der Waals surface area contributed by atoms with E-state index < -0.39 is 0 Å². The smallest absolute Gasteiger partial charge is 0.129 e. The van der Waals surface area contributed by atoms with E-state index in [1.54, 1.807) is 18.2 Å². The summed E-state index contributed by atoms with van der Waals surface area (Å²) in [7, 11) is 0. The van der Waals surface area contributed by atoms with Gasteiger partial charge in [-0.3, -0.25) is 0 Å². The molecule has 0 bridgehead atoms. The maximum Gasteiger partial charge on any atom is 0.129 e. The van der Waals surface area contributed by atoms with Crippen LogP contribution in [-0.2, 0) is 13.2 Å². The Labute approximate surface area is 145 Å². The molecule has 0 saturated carbocycles. The zero-order valence-corrected chi connectivity index (χ0v) is 13.8. The van der Waals surface area contributed by atoms with Crippen molar-refractivity contribution in [2.75, 3.05) is 5.32 Å². The van der Waals surface area contributed by atoms with Crippen molar-refractivity contribution in [2.45, 2.75) is 13.2 Å². The molecule has 0 fully saturated rings. The molecule has 24 heavy (non-hydrogen) atoms. The second-order valence-corrected chi connectivity index (χ2v) is 5.73. The van der Waals surface area contributed by atoms with Crippen LogP contribution in [0.2, 0.25) is 5.02 Å². The van der Waals surface area contributed by atoms with Gasteiger partial charge in [-0.25, -0.2) is 4.39 Å². The first-order chi connectivity index (χ1) is 11.7. The first kappa shape index (κ1) is 16.3. The molecule has 3 rings (SSSR count).